The Morgan fingerprint density at radius 2 is 1.89 bits per heavy atom. The van der Waals surface area contributed by atoms with Crippen LogP contribution >= 0.6 is 22.6 Å². The van der Waals surface area contributed by atoms with Crippen LogP contribution < -0.4 is 4.74 Å². The van der Waals surface area contributed by atoms with Crippen LogP contribution in [0.25, 0.3) is 0 Å². The molecule has 1 fully saturated rings. The number of nitrogens with zero attached hydrogens (tertiary/aromatic N) is 1. The summed E-state index contributed by atoms with van der Waals surface area (Å²) < 4.78 is 5.68. The van der Waals surface area contributed by atoms with Gasteiger partial charge in [0.05, 0.1) is 7.11 Å². The fourth-order valence-electron chi connectivity index (χ4n) is 1.66. The van der Waals surface area contributed by atoms with E-state index in [1.165, 1.54) is 7.11 Å². The largest absolute Gasteiger partial charge is 0.496 e. The number of amides is 2. The number of hydrogen-bond acceptors (Lipinski definition) is 5. The van der Waals surface area contributed by atoms with Gasteiger partial charge in [0.1, 0.15) is 11.3 Å². The number of halogens is 1. The Bertz CT molecular complexity index is 541. The molecule has 0 aliphatic carbocycles. The number of benzene rings is 1. The van der Waals surface area contributed by atoms with E-state index in [0.717, 1.165) is 0 Å². The molecule has 6 nitrogen and oxygen atoms in total. The summed E-state index contributed by atoms with van der Waals surface area (Å²) >= 11 is 1.95. The number of imide groups is 1. The van der Waals surface area contributed by atoms with Crippen LogP contribution in [0.15, 0.2) is 18.2 Å². The van der Waals surface area contributed by atoms with Crippen LogP contribution in [0.5, 0.6) is 5.75 Å². The molecule has 0 atom stereocenters. The van der Waals surface area contributed by atoms with Crippen molar-refractivity contribution in [2.45, 2.75) is 12.8 Å². The molecule has 2 rings (SSSR count). The number of hydrogen-bond donors (Lipinski definition) is 0. The lowest BCUT2D eigenvalue weighted by molar-refractivity contribution is -0.172. The van der Waals surface area contributed by atoms with Gasteiger partial charge < -0.3 is 9.57 Å². The van der Waals surface area contributed by atoms with Crippen LogP contribution in [0, 0.1) is 3.57 Å². The molecule has 0 unspecified atom stereocenters. The third-order valence-corrected chi connectivity index (χ3v) is 3.48. The number of rotatable bonds is 3. The standard InChI is InChI=1S/C12H10INO5/c1-18-8-4-2-3-7(13)11(8)12(17)19-14-9(15)5-6-10(14)16/h2-4H,5-6H2,1H3. The fourth-order valence-corrected chi connectivity index (χ4v) is 2.35. The van der Waals surface area contributed by atoms with E-state index in [-0.39, 0.29) is 18.4 Å². The summed E-state index contributed by atoms with van der Waals surface area (Å²) in [5.74, 6) is -1.48. The topological polar surface area (TPSA) is 72.9 Å². The van der Waals surface area contributed by atoms with Crippen molar-refractivity contribution in [3.05, 3.63) is 27.3 Å². The average Bonchev–Trinajstić information content (AvgIpc) is 2.70. The molecule has 100 valence electrons. The van der Waals surface area contributed by atoms with Crippen LogP contribution in [0.4, 0.5) is 0 Å². The summed E-state index contributed by atoms with van der Waals surface area (Å²) in [4.78, 5) is 39.7. The zero-order chi connectivity index (χ0) is 14.0. The van der Waals surface area contributed by atoms with E-state index >= 15 is 0 Å². The molecule has 0 aromatic heterocycles. The molecule has 2 amide bonds. The molecular formula is C12H10INO5. The number of carbonyl (C=O) groups excluding carboxylic acids is 3. The van der Waals surface area contributed by atoms with Crippen LogP contribution in [-0.4, -0.2) is 30.0 Å². The highest BCUT2D eigenvalue weighted by Crippen LogP contribution is 2.25. The van der Waals surface area contributed by atoms with Crippen LogP contribution in [-0.2, 0) is 14.4 Å². The first kappa shape index (κ1) is 13.8. The monoisotopic (exact) mass is 375 g/mol. The predicted octanol–water partition coefficient (Wildman–Crippen LogP) is 1.52. The minimum Gasteiger partial charge on any atom is -0.496 e. The molecule has 1 saturated heterocycles. The minimum atomic E-state index is -0.787. The van der Waals surface area contributed by atoms with E-state index in [1.54, 1.807) is 18.2 Å². The summed E-state index contributed by atoms with van der Waals surface area (Å²) in [7, 11) is 1.42. The first-order valence-corrected chi connectivity index (χ1v) is 6.53. The van der Waals surface area contributed by atoms with Crippen molar-refractivity contribution in [1.29, 1.82) is 0 Å². The Morgan fingerprint density at radius 3 is 2.47 bits per heavy atom. The average molecular weight is 375 g/mol. The molecule has 0 spiro atoms. The van der Waals surface area contributed by atoms with E-state index in [2.05, 4.69) is 0 Å². The van der Waals surface area contributed by atoms with Crippen molar-refractivity contribution < 1.29 is 24.0 Å². The molecule has 0 saturated carbocycles. The van der Waals surface area contributed by atoms with Gasteiger partial charge in [0.2, 0.25) is 0 Å². The van der Waals surface area contributed by atoms with Crippen molar-refractivity contribution in [3.8, 4) is 5.75 Å². The Balaban J connectivity index is 2.25. The number of ether oxygens (including phenoxy) is 1. The van der Waals surface area contributed by atoms with Gasteiger partial charge in [-0.25, -0.2) is 4.79 Å². The normalized spacial score (nSPS) is 14.7. The lowest BCUT2D eigenvalue weighted by atomic mass is 10.2. The number of hydroxylamine groups is 2. The first-order chi connectivity index (χ1) is 9.04. The van der Waals surface area contributed by atoms with E-state index in [0.29, 0.717) is 14.4 Å². The zero-order valence-corrected chi connectivity index (χ0v) is 12.2. The second kappa shape index (κ2) is 5.55. The van der Waals surface area contributed by atoms with Crippen molar-refractivity contribution in [2.75, 3.05) is 7.11 Å². The van der Waals surface area contributed by atoms with Gasteiger partial charge in [0, 0.05) is 16.4 Å². The van der Waals surface area contributed by atoms with Crippen molar-refractivity contribution in [1.82, 2.24) is 5.06 Å². The second-order valence-corrected chi connectivity index (χ2v) is 4.94. The molecule has 7 heteroatoms. The van der Waals surface area contributed by atoms with Gasteiger partial charge in [-0.15, -0.1) is 5.06 Å². The van der Waals surface area contributed by atoms with Gasteiger partial charge >= 0.3 is 5.97 Å². The van der Waals surface area contributed by atoms with Gasteiger partial charge in [-0.05, 0) is 34.7 Å². The smallest absolute Gasteiger partial charge is 0.368 e. The molecule has 1 heterocycles. The number of carbonyl (C=O) groups is 3. The van der Waals surface area contributed by atoms with E-state index in [4.69, 9.17) is 9.57 Å². The second-order valence-electron chi connectivity index (χ2n) is 3.78. The quantitative estimate of drug-likeness (QED) is 0.592. The van der Waals surface area contributed by atoms with Gasteiger partial charge in [0.25, 0.3) is 11.8 Å². The Labute approximate surface area is 122 Å². The van der Waals surface area contributed by atoms with Crippen molar-refractivity contribution in [2.24, 2.45) is 0 Å². The minimum absolute atomic E-state index is 0.0646. The maximum atomic E-state index is 12.0. The Hall–Kier alpha value is -1.64. The van der Waals surface area contributed by atoms with Gasteiger partial charge in [0.15, 0.2) is 0 Å². The van der Waals surface area contributed by atoms with Gasteiger partial charge in [-0.1, -0.05) is 6.07 Å². The number of methoxy groups -OCH3 is 1. The van der Waals surface area contributed by atoms with Crippen LogP contribution in [0.3, 0.4) is 0 Å². The van der Waals surface area contributed by atoms with E-state index < -0.39 is 17.8 Å². The third kappa shape index (κ3) is 2.70. The highest BCUT2D eigenvalue weighted by Gasteiger charge is 2.34. The predicted molar refractivity (Wildman–Crippen MR) is 72.2 cm³/mol. The molecule has 1 aromatic carbocycles. The SMILES string of the molecule is COc1cccc(I)c1C(=O)ON1C(=O)CCC1=O. The van der Waals surface area contributed by atoms with Crippen LogP contribution in [0.1, 0.15) is 23.2 Å². The van der Waals surface area contributed by atoms with Crippen LogP contribution in [0.2, 0.25) is 0 Å². The molecule has 1 aromatic rings. The highest BCUT2D eigenvalue weighted by atomic mass is 127. The fraction of sp³-hybridized carbons (Fsp3) is 0.250. The molecule has 0 N–H and O–H groups in total. The molecule has 1 aliphatic rings. The first-order valence-electron chi connectivity index (χ1n) is 5.45. The summed E-state index contributed by atoms with van der Waals surface area (Å²) in [5, 5.41) is 0.519. The Kier molecular flexibility index (Phi) is 4.03. The zero-order valence-electron chi connectivity index (χ0n) is 10.0. The van der Waals surface area contributed by atoms with Gasteiger partial charge in [-0.2, -0.15) is 0 Å². The Morgan fingerprint density at radius 1 is 1.26 bits per heavy atom. The summed E-state index contributed by atoms with van der Waals surface area (Å²) in [5.41, 5.74) is 0.193. The lowest BCUT2D eigenvalue weighted by Crippen LogP contribution is -2.32. The molecular weight excluding hydrogens is 365 g/mol. The summed E-state index contributed by atoms with van der Waals surface area (Å²) in [6, 6.07) is 5.03. The molecule has 0 radical (unpaired) electrons. The molecule has 0 bridgehead atoms. The third-order valence-electron chi connectivity index (χ3n) is 2.58. The maximum absolute atomic E-state index is 12.0. The molecule has 19 heavy (non-hydrogen) atoms. The lowest BCUT2D eigenvalue weighted by Gasteiger charge is -2.14. The molecule has 1 aliphatic heterocycles. The van der Waals surface area contributed by atoms with Crippen molar-refractivity contribution in [3.63, 3.8) is 0 Å². The highest BCUT2D eigenvalue weighted by molar-refractivity contribution is 14.1. The van der Waals surface area contributed by atoms with E-state index in [1.807, 2.05) is 22.6 Å². The summed E-state index contributed by atoms with van der Waals surface area (Å²) in [6.07, 6.45) is 0.129. The van der Waals surface area contributed by atoms with E-state index in [9.17, 15) is 14.4 Å². The summed E-state index contributed by atoms with van der Waals surface area (Å²) in [6.45, 7) is 0. The maximum Gasteiger partial charge on any atom is 0.368 e. The van der Waals surface area contributed by atoms with Gasteiger partial charge in [-0.3, -0.25) is 9.59 Å². The van der Waals surface area contributed by atoms with Crippen molar-refractivity contribution >= 4 is 40.4 Å².